The van der Waals surface area contributed by atoms with Crippen LogP contribution in [-0.4, -0.2) is 68.4 Å². The quantitative estimate of drug-likeness (QED) is 0.0603. The molecular weight excluding hydrogens is 516 g/mol. The Morgan fingerprint density at radius 2 is 0.675 bits per heavy atom. The molecule has 6 N–H and O–H groups in total. The van der Waals surface area contributed by atoms with Crippen LogP contribution >= 0.6 is 0 Å². The molecule has 0 radical (unpaired) electrons. The van der Waals surface area contributed by atoms with Crippen LogP contribution in [-0.2, 0) is 14.4 Å². The molecule has 40 heavy (non-hydrogen) atoms. The maximum absolute atomic E-state index is 10.4. The van der Waals surface area contributed by atoms with E-state index >= 15 is 0 Å². The highest BCUT2D eigenvalue weighted by Crippen LogP contribution is 2.18. The third kappa shape index (κ3) is 36.3. The topological polar surface area (TPSA) is 173 Å². The molecule has 9 nitrogen and oxygen atoms in total. The molecule has 0 saturated heterocycles. The average Bonchev–Trinajstić information content (AvgIpc) is 2.92. The van der Waals surface area contributed by atoms with Gasteiger partial charge in [0, 0.05) is 24.7 Å². The molecule has 0 amide bonds. The van der Waals surface area contributed by atoms with E-state index in [1.54, 1.807) is 0 Å². The van der Waals surface area contributed by atoms with E-state index in [1.807, 2.05) is 6.92 Å². The van der Waals surface area contributed by atoms with Gasteiger partial charge in [0.2, 0.25) is 0 Å². The van der Waals surface area contributed by atoms with E-state index in [4.69, 9.17) is 30.6 Å². The maximum Gasteiger partial charge on any atom is 0.303 e. The van der Waals surface area contributed by atoms with Gasteiger partial charge in [-0.2, -0.15) is 0 Å². The van der Waals surface area contributed by atoms with Crippen molar-refractivity contribution in [1.82, 2.24) is 0 Å². The molecule has 0 aliphatic rings. The van der Waals surface area contributed by atoms with Crippen molar-refractivity contribution in [2.45, 2.75) is 155 Å². The van der Waals surface area contributed by atoms with E-state index in [9.17, 15) is 14.4 Å². The second-order valence-electron chi connectivity index (χ2n) is 10.8. The summed E-state index contributed by atoms with van der Waals surface area (Å²) in [5.74, 6) is -2.55. The lowest BCUT2D eigenvalue weighted by atomic mass is 9.88. The summed E-state index contributed by atoms with van der Waals surface area (Å²) < 4.78 is 0. The summed E-state index contributed by atoms with van der Waals surface area (Å²) in [5.41, 5.74) is -0.667. The molecule has 0 saturated carbocycles. The Morgan fingerprint density at radius 3 is 0.875 bits per heavy atom. The SMILES string of the molecule is CCC(CO)(CO)CO.CCCCCCCCCCCCCCCCCCCC(=O)O.O=C(O)CCCC(=O)O. The summed E-state index contributed by atoms with van der Waals surface area (Å²) in [7, 11) is 0. The molecule has 0 bridgehead atoms. The highest BCUT2D eigenvalue weighted by Gasteiger charge is 2.24. The van der Waals surface area contributed by atoms with Gasteiger partial charge in [-0.05, 0) is 19.3 Å². The first kappa shape index (κ1) is 42.8. The van der Waals surface area contributed by atoms with E-state index in [-0.39, 0.29) is 39.1 Å². The van der Waals surface area contributed by atoms with Gasteiger partial charge in [-0.15, -0.1) is 0 Å². The first-order valence-electron chi connectivity index (χ1n) is 15.6. The molecule has 240 valence electrons. The lowest BCUT2D eigenvalue weighted by molar-refractivity contribution is -0.139. The second-order valence-corrected chi connectivity index (χ2v) is 10.8. The number of aliphatic hydroxyl groups excluding tert-OH is 3. The van der Waals surface area contributed by atoms with Crippen LogP contribution in [0.3, 0.4) is 0 Å². The van der Waals surface area contributed by atoms with E-state index in [0.717, 1.165) is 12.8 Å². The van der Waals surface area contributed by atoms with Crippen LogP contribution < -0.4 is 0 Å². The molecule has 0 aliphatic carbocycles. The third-order valence-electron chi connectivity index (χ3n) is 7.03. The molecule has 0 aromatic rings. The van der Waals surface area contributed by atoms with Crippen LogP contribution in [0.5, 0.6) is 0 Å². The molecule has 0 aromatic carbocycles. The normalized spacial score (nSPS) is 10.7. The second kappa shape index (κ2) is 33.5. The molecule has 0 spiro atoms. The highest BCUT2D eigenvalue weighted by molar-refractivity contribution is 5.69. The zero-order valence-corrected chi connectivity index (χ0v) is 25.6. The Balaban J connectivity index is -0.000000623. The molecule has 0 aromatic heterocycles. The predicted octanol–water partition coefficient (Wildman–Crippen LogP) is 6.80. The smallest absolute Gasteiger partial charge is 0.303 e. The van der Waals surface area contributed by atoms with Crippen molar-refractivity contribution in [3.63, 3.8) is 0 Å². The van der Waals surface area contributed by atoms with E-state index in [0.29, 0.717) is 12.8 Å². The van der Waals surface area contributed by atoms with Gasteiger partial charge in [0.15, 0.2) is 0 Å². The van der Waals surface area contributed by atoms with E-state index < -0.39 is 23.3 Å². The molecule has 9 heteroatoms. The lowest BCUT2D eigenvalue weighted by Crippen LogP contribution is -2.32. The van der Waals surface area contributed by atoms with Gasteiger partial charge in [-0.25, -0.2) is 0 Å². The van der Waals surface area contributed by atoms with Gasteiger partial charge in [0.25, 0.3) is 0 Å². The van der Waals surface area contributed by atoms with Gasteiger partial charge in [-0.1, -0.05) is 117 Å². The number of hydrogen-bond acceptors (Lipinski definition) is 6. The summed E-state index contributed by atoms with van der Waals surface area (Å²) in [6.45, 7) is 3.63. The Kier molecular flexibility index (Phi) is 35.8. The maximum atomic E-state index is 10.4. The van der Waals surface area contributed by atoms with Crippen molar-refractivity contribution >= 4 is 17.9 Å². The predicted molar refractivity (Wildman–Crippen MR) is 160 cm³/mol. The zero-order valence-electron chi connectivity index (χ0n) is 25.6. The minimum atomic E-state index is -0.948. The minimum absolute atomic E-state index is 0.0632. The van der Waals surface area contributed by atoms with Crippen molar-refractivity contribution in [3.05, 3.63) is 0 Å². The first-order chi connectivity index (χ1) is 19.1. The Labute approximate surface area is 243 Å². The van der Waals surface area contributed by atoms with Crippen LogP contribution in [0.2, 0.25) is 0 Å². The number of aliphatic hydroxyl groups is 3. The fourth-order valence-electron chi connectivity index (χ4n) is 3.88. The van der Waals surface area contributed by atoms with Crippen molar-refractivity contribution < 1.29 is 45.0 Å². The van der Waals surface area contributed by atoms with Gasteiger partial charge in [0.05, 0.1) is 19.8 Å². The van der Waals surface area contributed by atoms with Gasteiger partial charge < -0.3 is 30.6 Å². The summed E-state index contributed by atoms with van der Waals surface area (Å²) in [4.78, 5) is 29.9. The number of unbranched alkanes of at least 4 members (excludes halogenated alkanes) is 16. The number of carboxylic acid groups (broad SMARTS) is 3. The number of rotatable bonds is 26. The summed E-state index contributed by atoms with van der Waals surface area (Å²) in [6, 6.07) is 0. The van der Waals surface area contributed by atoms with Gasteiger partial charge in [-0.3, -0.25) is 14.4 Å². The first-order valence-corrected chi connectivity index (χ1v) is 15.6. The Bertz CT molecular complexity index is 531. The number of hydrogen-bond donors (Lipinski definition) is 6. The van der Waals surface area contributed by atoms with Gasteiger partial charge in [0.1, 0.15) is 0 Å². The highest BCUT2D eigenvalue weighted by atomic mass is 16.4. The standard InChI is InChI=1S/C20H40O2.C6H14O3.C5H8O4/c1-2-3-4-5-6-7-8-9-10-11-12-13-14-15-16-17-18-19-20(21)22;1-2-6(3-7,4-8)5-9;6-4(7)2-1-3-5(8)9/h2-19H2,1H3,(H,21,22);7-9H,2-5H2,1H3;1-3H2,(H,6,7)(H,8,9). The van der Waals surface area contributed by atoms with Crippen molar-refractivity contribution in [2.24, 2.45) is 5.41 Å². The fraction of sp³-hybridized carbons (Fsp3) is 0.903. The monoisotopic (exact) mass is 578 g/mol. The van der Waals surface area contributed by atoms with E-state index in [2.05, 4.69) is 6.92 Å². The number of aliphatic carboxylic acids is 3. The summed E-state index contributed by atoms with van der Waals surface area (Å²) >= 11 is 0. The van der Waals surface area contributed by atoms with Crippen LogP contribution in [0.25, 0.3) is 0 Å². The van der Waals surface area contributed by atoms with Crippen LogP contribution in [0.1, 0.15) is 155 Å². The lowest BCUT2D eigenvalue weighted by Gasteiger charge is -2.24. The molecule has 0 unspecified atom stereocenters. The average molecular weight is 579 g/mol. The summed E-state index contributed by atoms with van der Waals surface area (Å²) in [5, 5.41) is 50.6. The zero-order chi connectivity index (χ0) is 30.9. The van der Waals surface area contributed by atoms with Gasteiger partial charge >= 0.3 is 17.9 Å². The van der Waals surface area contributed by atoms with Crippen molar-refractivity contribution in [3.8, 4) is 0 Å². The third-order valence-corrected chi connectivity index (χ3v) is 7.03. The number of carboxylic acids is 3. The van der Waals surface area contributed by atoms with Crippen molar-refractivity contribution in [2.75, 3.05) is 19.8 Å². The fourth-order valence-corrected chi connectivity index (χ4v) is 3.88. The number of carbonyl (C=O) groups is 3. The minimum Gasteiger partial charge on any atom is -0.481 e. The van der Waals surface area contributed by atoms with Crippen LogP contribution in [0, 0.1) is 5.41 Å². The molecule has 0 heterocycles. The Morgan fingerprint density at radius 1 is 0.425 bits per heavy atom. The Hall–Kier alpha value is -1.71. The van der Waals surface area contributed by atoms with Crippen LogP contribution in [0.15, 0.2) is 0 Å². The molecule has 0 rings (SSSR count). The van der Waals surface area contributed by atoms with Crippen molar-refractivity contribution in [1.29, 1.82) is 0 Å². The van der Waals surface area contributed by atoms with Crippen LogP contribution in [0.4, 0.5) is 0 Å². The summed E-state index contributed by atoms with van der Waals surface area (Å²) in [6.07, 6.45) is 23.8. The molecule has 0 fully saturated rings. The largest absolute Gasteiger partial charge is 0.481 e. The molecule has 0 atom stereocenters. The molecule has 0 aliphatic heterocycles. The van der Waals surface area contributed by atoms with E-state index in [1.165, 1.54) is 96.3 Å². The molecular formula is C31H62O9.